The molecule has 0 saturated carbocycles. The number of hydrogen-bond donors (Lipinski definition) is 1. The van der Waals surface area contributed by atoms with Crippen LogP contribution in [0.1, 0.15) is 37.8 Å². The Bertz CT molecular complexity index is 563. The summed E-state index contributed by atoms with van der Waals surface area (Å²) in [5, 5.41) is 3.37. The van der Waals surface area contributed by atoms with Crippen LogP contribution in [-0.2, 0) is 16.1 Å². The number of nitrogens with one attached hydrogen (secondary N) is 1. The number of ether oxygens (including phenoxy) is 1. The van der Waals surface area contributed by atoms with Crippen molar-refractivity contribution in [3.63, 3.8) is 0 Å². The van der Waals surface area contributed by atoms with Gasteiger partial charge in [-0.1, -0.05) is 24.3 Å². The molecule has 0 spiro atoms. The van der Waals surface area contributed by atoms with Gasteiger partial charge >= 0.3 is 5.97 Å². The number of piperidine rings is 1. The van der Waals surface area contributed by atoms with Crippen LogP contribution in [0.4, 0.5) is 0 Å². The highest BCUT2D eigenvalue weighted by Gasteiger charge is 2.27. The normalized spacial score (nSPS) is 16.1. The molecule has 132 valence electrons. The zero-order valence-corrected chi connectivity index (χ0v) is 15.0. The molecule has 1 fully saturated rings. The Balaban J connectivity index is 1.97. The van der Waals surface area contributed by atoms with Gasteiger partial charge in [0, 0.05) is 19.6 Å². The minimum Gasteiger partial charge on any atom is -0.466 e. The molecule has 0 amide bonds. The van der Waals surface area contributed by atoms with E-state index in [1.807, 2.05) is 13.0 Å². The second-order valence-corrected chi connectivity index (χ2v) is 6.11. The highest BCUT2D eigenvalue weighted by atomic mass is 16.5. The summed E-state index contributed by atoms with van der Waals surface area (Å²) in [6.07, 6.45) is 1.65. The summed E-state index contributed by atoms with van der Waals surface area (Å²) >= 11 is 0. The Morgan fingerprint density at radius 3 is 2.62 bits per heavy atom. The maximum Gasteiger partial charge on any atom is 0.309 e. The van der Waals surface area contributed by atoms with E-state index in [1.165, 1.54) is 11.1 Å². The molecule has 1 aliphatic rings. The molecule has 1 aromatic carbocycles. The Labute approximate surface area is 145 Å². The van der Waals surface area contributed by atoms with Crippen molar-refractivity contribution in [2.75, 3.05) is 26.2 Å². The molecule has 5 nitrogen and oxygen atoms in total. The number of nitrogens with zero attached hydrogens (tertiary/aromatic N) is 2. The number of benzene rings is 1. The van der Waals surface area contributed by atoms with E-state index in [-0.39, 0.29) is 11.9 Å². The topological polar surface area (TPSA) is 53.9 Å². The molecule has 0 bridgehead atoms. The van der Waals surface area contributed by atoms with Gasteiger partial charge in [0.05, 0.1) is 19.1 Å². The molecule has 0 atom stereocenters. The van der Waals surface area contributed by atoms with Crippen molar-refractivity contribution in [3.05, 3.63) is 35.4 Å². The highest BCUT2D eigenvalue weighted by Crippen LogP contribution is 2.19. The lowest BCUT2D eigenvalue weighted by molar-refractivity contribution is -0.149. The largest absolute Gasteiger partial charge is 0.466 e. The lowest BCUT2D eigenvalue weighted by Crippen LogP contribution is -2.46. The average Bonchev–Trinajstić information content (AvgIpc) is 2.60. The predicted octanol–water partition coefficient (Wildman–Crippen LogP) is 2.74. The van der Waals surface area contributed by atoms with E-state index in [4.69, 9.17) is 9.73 Å². The molecule has 1 N–H and O–H groups in total. The van der Waals surface area contributed by atoms with Crippen LogP contribution < -0.4 is 5.32 Å². The van der Waals surface area contributed by atoms with Gasteiger partial charge in [0.25, 0.3) is 0 Å². The maximum absolute atomic E-state index is 11.9. The Kier molecular flexibility index (Phi) is 7.09. The molecule has 1 heterocycles. The van der Waals surface area contributed by atoms with E-state index in [2.05, 4.69) is 42.3 Å². The average molecular weight is 331 g/mol. The van der Waals surface area contributed by atoms with Crippen molar-refractivity contribution in [3.8, 4) is 0 Å². The smallest absolute Gasteiger partial charge is 0.309 e. The van der Waals surface area contributed by atoms with Crippen molar-refractivity contribution < 1.29 is 9.53 Å². The molecule has 0 radical (unpaired) electrons. The van der Waals surface area contributed by atoms with Crippen LogP contribution in [0.15, 0.2) is 29.3 Å². The minimum absolute atomic E-state index is 0.0282. The van der Waals surface area contributed by atoms with Crippen LogP contribution in [0.3, 0.4) is 0 Å². The van der Waals surface area contributed by atoms with Crippen LogP contribution in [0.5, 0.6) is 0 Å². The first kappa shape index (κ1) is 18.3. The van der Waals surface area contributed by atoms with Crippen molar-refractivity contribution in [1.82, 2.24) is 10.2 Å². The zero-order valence-electron chi connectivity index (χ0n) is 15.0. The lowest BCUT2D eigenvalue weighted by Gasteiger charge is -2.33. The summed E-state index contributed by atoms with van der Waals surface area (Å²) < 4.78 is 5.14. The second kappa shape index (κ2) is 9.30. The van der Waals surface area contributed by atoms with Gasteiger partial charge in [-0.3, -0.25) is 4.79 Å². The summed E-state index contributed by atoms with van der Waals surface area (Å²) in [6, 6.07) is 8.33. The van der Waals surface area contributed by atoms with Gasteiger partial charge in [-0.25, -0.2) is 4.99 Å². The number of hydrogen-bond acceptors (Lipinski definition) is 3. The molecule has 1 aliphatic heterocycles. The quantitative estimate of drug-likeness (QED) is 0.512. The van der Waals surface area contributed by atoms with Crippen molar-refractivity contribution in [2.24, 2.45) is 10.9 Å². The van der Waals surface area contributed by atoms with Gasteiger partial charge < -0.3 is 15.0 Å². The van der Waals surface area contributed by atoms with Crippen molar-refractivity contribution >= 4 is 11.9 Å². The summed E-state index contributed by atoms with van der Waals surface area (Å²) in [4.78, 5) is 18.9. The van der Waals surface area contributed by atoms with Gasteiger partial charge in [-0.05, 0) is 44.7 Å². The molecule has 0 unspecified atom stereocenters. The molecule has 1 aromatic rings. The lowest BCUT2D eigenvalue weighted by atomic mass is 9.97. The number of esters is 1. The van der Waals surface area contributed by atoms with Gasteiger partial charge in [0.2, 0.25) is 0 Å². The monoisotopic (exact) mass is 331 g/mol. The van der Waals surface area contributed by atoms with Crippen molar-refractivity contribution in [1.29, 1.82) is 0 Å². The SMILES string of the molecule is CCNC(=NCc1ccccc1C)N1CCC(C(=O)OCC)CC1. The standard InChI is InChI=1S/C19H29N3O2/c1-4-20-19(21-14-17-9-7-6-8-15(17)3)22-12-10-16(11-13-22)18(23)24-5-2/h6-9,16H,4-5,10-14H2,1-3H3,(H,20,21). The van der Waals surface area contributed by atoms with E-state index in [9.17, 15) is 4.79 Å². The number of likely N-dealkylation sites (tertiary alicyclic amines) is 1. The Morgan fingerprint density at radius 2 is 2.00 bits per heavy atom. The van der Waals surface area contributed by atoms with Gasteiger partial charge in [-0.15, -0.1) is 0 Å². The van der Waals surface area contributed by atoms with Crippen LogP contribution >= 0.6 is 0 Å². The molecule has 0 aromatic heterocycles. The van der Waals surface area contributed by atoms with E-state index < -0.39 is 0 Å². The first-order valence-electron chi connectivity index (χ1n) is 8.90. The van der Waals surface area contributed by atoms with Gasteiger partial charge in [-0.2, -0.15) is 0 Å². The fraction of sp³-hybridized carbons (Fsp3) is 0.579. The van der Waals surface area contributed by atoms with E-state index in [0.717, 1.165) is 38.4 Å². The molecular weight excluding hydrogens is 302 g/mol. The highest BCUT2D eigenvalue weighted by molar-refractivity contribution is 5.80. The van der Waals surface area contributed by atoms with Crippen LogP contribution in [-0.4, -0.2) is 43.1 Å². The summed E-state index contributed by atoms with van der Waals surface area (Å²) in [5.41, 5.74) is 2.51. The fourth-order valence-electron chi connectivity index (χ4n) is 2.96. The Morgan fingerprint density at radius 1 is 1.29 bits per heavy atom. The molecule has 24 heavy (non-hydrogen) atoms. The third kappa shape index (κ3) is 4.98. The minimum atomic E-state index is -0.0565. The van der Waals surface area contributed by atoms with Crippen LogP contribution in [0, 0.1) is 12.8 Å². The van der Waals surface area contributed by atoms with Gasteiger partial charge in [0.1, 0.15) is 0 Å². The van der Waals surface area contributed by atoms with E-state index in [1.54, 1.807) is 0 Å². The fourth-order valence-corrected chi connectivity index (χ4v) is 2.96. The molecular formula is C19H29N3O2. The third-order valence-corrected chi connectivity index (χ3v) is 4.41. The maximum atomic E-state index is 11.9. The Hall–Kier alpha value is -2.04. The third-order valence-electron chi connectivity index (χ3n) is 4.41. The van der Waals surface area contributed by atoms with E-state index in [0.29, 0.717) is 13.2 Å². The predicted molar refractivity (Wildman–Crippen MR) is 96.9 cm³/mol. The number of aryl methyl sites for hydroxylation is 1. The summed E-state index contributed by atoms with van der Waals surface area (Å²) in [6.45, 7) is 9.69. The van der Waals surface area contributed by atoms with Crippen molar-refractivity contribution in [2.45, 2.75) is 40.2 Å². The molecule has 5 heteroatoms. The number of carbonyl (C=O) groups excluding carboxylic acids is 1. The van der Waals surface area contributed by atoms with Crippen LogP contribution in [0.25, 0.3) is 0 Å². The number of guanidine groups is 1. The molecule has 2 rings (SSSR count). The summed E-state index contributed by atoms with van der Waals surface area (Å²) in [7, 11) is 0. The number of carbonyl (C=O) groups is 1. The zero-order chi connectivity index (χ0) is 17.4. The van der Waals surface area contributed by atoms with Crippen LogP contribution in [0.2, 0.25) is 0 Å². The van der Waals surface area contributed by atoms with Gasteiger partial charge in [0.15, 0.2) is 5.96 Å². The first-order chi connectivity index (χ1) is 11.7. The first-order valence-corrected chi connectivity index (χ1v) is 8.90. The molecule has 1 saturated heterocycles. The molecule has 0 aliphatic carbocycles. The van der Waals surface area contributed by atoms with E-state index >= 15 is 0 Å². The second-order valence-electron chi connectivity index (χ2n) is 6.11. The number of aliphatic imine (C=N–C) groups is 1. The summed E-state index contributed by atoms with van der Waals surface area (Å²) in [5.74, 6) is 0.905. The number of rotatable bonds is 5.